The Labute approximate surface area is 69.6 Å². The maximum Gasteiger partial charge on any atom is 0.106 e. The van der Waals surface area contributed by atoms with Crippen molar-refractivity contribution in [2.45, 2.75) is 25.5 Å². The summed E-state index contributed by atoms with van der Waals surface area (Å²) in [6.07, 6.45) is 4.15. The van der Waals surface area contributed by atoms with E-state index < -0.39 is 0 Å². The molecule has 0 unspecified atom stereocenters. The van der Waals surface area contributed by atoms with E-state index in [-0.39, 0.29) is 6.61 Å². The Morgan fingerprint density at radius 3 is 2.91 bits per heavy atom. The third-order valence-corrected chi connectivity index (χ3v) is 2.14. The van der Waals surface area contributed by atoms with Gasteiger partial charge in [0.05, 0.1) is 17.7 Å². The Kier molecular flexibility index (Phi) is 1.62. The largest absolute Gasteiger partial charge is 0.390 e. The van der Waals surface area contributed by atoms with Gasteiger partial charge in [-0.1, -0.05) is 11.6 Å². The van der Waals surface area contributed by atoms with E-state index in [0.717, 1.165) is 0 Å². The molecular formula is C7H9ClN2O. The average molecular weight is 173 g/mol. The smallest absolute Gasteiger partial charge is 0.106 e. The van der Waals surface area contributed by atoms with Crippen molar-refractivity contribution in [1.29, 1.82) is 0 Å². The van der Waals surface area contributed by atoms with E-state index in [0.29, 0.717) is 16.8 Å². The SMILES string of the molecule is OCc1nn(C2CC2)cc1Cl. The molecule has 0 bridgehead atoms. The van der Waals surface area contributed by atoms with Crippen LogP contribution in [-0.2, 0) is 6.61 Å². The van der Waals surface area contributed by atoms with Crippen LogP contribution < -0.4 is 0 Å². The van der Waals surface area contributed by atoms with Gasteiger partial charge in [0.1, 0.15) is 5.69 Å². The molecule has 1 heterocycles. The average Bonchev–Trinajstić information content (AvgIpc) is 2.76. The fraction of sp³-hybridized carbons (Fsp3) is 0.571. The van der Waals surface area contributed by atoms with Gasteiger partial charge in [0.15, 0.2) is 0 Å². The minimum atomic E-state index is -0.0709. The van der Waals surface area contributed by atoms with E-state index in [1.165, 1.54) is 12.8 Å². The van der Waals surface area contributed by atoms with Crippen molar-refractivity contribution in [3.05, 3.63) is 16.9 Å². The van der Waals surface area contributed by atoms with E-state index in [9.17, 15) is 0 Å². The topological polar surface area (TPSA) is 38.1 Å². The Hall–Kier alpha value is -0.540. The van der Waals surface area contributed by atoms with Crippen LogP contribution in [0.2, 0.25) is 5.02 Å². The highest BCUT2D eigenvalue weighted by Gasteiger charge is 2.25. The monoisotopic (exact) mass is 172 g/mol. The van der Waals surface area contributed by atoms with E-state index >= 15 is 0 Å². The summed E-state index contributed by atoms with van der Waals surface area (Å²) in [7, 11) is 0. The van der Waals surface area contributed by atoms with E-state index in [1.54, 1.807) is 6.20 Å². The number of aliphatic hydroxyl groups excluding tert-OH is 1. The maximum atomic E-state index is 8.77. The summed E-state index contributed by atoms with van der Waals surface area (Å²) < 4.78 is 1.84. The normalized spacial score (nSPS) is 17.3. The van der Waals surface area contributed by atoms with Gasteiger partial charge < -0.3 is 5.11 Å². The first-order chi connectivity index (χ1) is 5.31. The minimum absolute atomic E-state index is 0.0709. The highest BCUT2D eigenvalue weighted by molar-refractivity contribution is 6.31. The zero-order valence-corrected chi connectivity index (χ0v) is 6.75. The van der Waals surface area contributed by atoms with Crippen molar-refractivity contribution in [2.75, 3.05) is 0 Å². The third kappa shape index (κ3) is 1.26. The van der Waals surface area contributed by atoms with E-state index in [2.05, 4.69) is 5.10 Å². The van der Waals surface area contributed by atoms with Gasteiger partial charge in [0, 0.05) is 6.20 Å². The summed E-state index contributed by atoms with van der Waals surface area (Å²) in [5, 5.41) is 13.5. The van der Waals surface area contributed by atoms with E-state index in [1.807, 2.05) is 4.68 Å². The summed E-state index contributed by atoms with van der Waals surface area (Å²) >= 11 is 5.77. The zero-order valence-electron chi connectivity index (χ0n) is 6.00. The molecule has 1 saturated carbocycles. The summed E-state index contributed by atoms with van der Waals surface area (Å²) in [6.45, 7) is -0.0709. The fourth-order valence-electron chi connectivity index (χ4n) is 1.04. The van der Waals surface area contributed by atoms with Crippen LogP contribution >= 0.6 is 11.6 Å². The minimum Gasteiger partial charge on any atom is -0.390 e. The van der Waals surface area contributed by atoms with Crippen LogP contribution in [0.4, 0.5) is 0 Å². The predicted molar refractivity (Wildman–Crippen MR) is 41.4 cm³/mol. The highest BCUT2D eigenvalue weighted by atomic mass is 35.5. The first kappa shape index (κ1) is 7.13. The second kappa shape index (κ2) is 2.50. The molecule has 11 heavy (non-hydrogen) atoms. The number of hydrogen-bond donors (Lipinski definition) is 1. The molecular weight excluding hydrogens is 164 g/mol. The van der Waals surface area contributed by atoms with Crippen LogP contribution in [0.5, 0.6) is 0 Å². The van der Waals surface area contributed by atoms with Crippen LogP contribution in [0, 0.1) is 0 Å². The van der Waals surface area contributed by atoms with Crippen molar-refractivity contribution in [2.24, 2.45) is 0 Å². The molecule has 0 aliphatic heterocycles. The molecule has 0 amide bonds. The summed E-state index contributed by atoms with van der Waals surface area (Å²) in [6, 6.07) is 0.535. The Morgan fingerprint density at radius 2 is 2.45 bits per heavy atom. The molecule has 0 spiro atoms. The molecule has 1 fully saturated rings. The maximum absolute atomic E-state index is 8.77. The van der Waals surface area contributed by atoms with Gasteiger partial charge in [-0.3, -0.25) is 4.68 Å². The lowest BCUT2D eigenvalue weighted by molar-refractivity contribution is 0.275. The summed E-state index contributed by atoms with van der Waals surface area (Å²) in [5.74, 6) is 0. The highest BCUT2D eigenvalue weighted by Crippen LogP contribution is 2.35. The van der Waals surface area contributed by atoms with Gasteiger partial charge in [0.2, 0.25) is 0 Å². The van der Waals surface area contributed by atoms with Gasteiger partial charge in [-0.25, -0.2) is 0 Å². The molecule has 0 radical (unpaired) electrons. The first-order valence-electron chi connectivity index (χ1n) is 3.65. The molecule has 1 aromatic heterocycles. The molecule has 1 aliphatic carbocycles. The Balaban J connectivity index is 2.28. The fourth-order valence-corrected chi connectivity index (χ4v) is 1.24. The summed E-state index contributed by atoms with van der Waals surface area (Å²) in [4.78, 5) is 0. The molecule has 4 heteroatoms. The summed E-state index contributed by atoms with van der Waals surface area (Å²) in [5.41, 5.74) is 0.582. The molecule has 3 nitrogen and oxygen atoms in total. The van der Waals surface area contributed by atoms with Gasteiger partial charge >= 0.3 is 0 Å². The molecule has 0 saturated heterocycles. The zero-order chi connectivity index (χ0) is 7.84. The van der Waals surface area contributed by atoms with Crippen molar-refractivity contribution in [3.8, 4) is 0 Å². The van der Waals surface area contributed by atoms with Crippen LogP contribution in [0.15, 0.2) is 6.20 Å². The van der Waals surface area contributed by atoms with Gasteiger partial charge in [-0.2, -0.15) is 5.10 Å². The molecule has 60 valence electrons. The Morgan fingerprint density at radius 1 is 1.73 bits per heavy atom. The van der Waals surface area contributed by atoms with Crippen molar-refractivity contribution in [3.63, 3.8) is 0 Å². The van der Waals surface area contributed by atoms with E-state index in [4.69, 9.17) is 16.7 Å². The number of aliphatic hydroxyl groups is 1. The quantitative estimate of drug-likeness (QED) is 0.732. The van der Waals surface area contributed by atoms with Gasteiger partial charge in [0.25, 0.3) is 0 Å². The third-order valence-electron chi connectivity index (χ3n) is 1.83. The molecule has 1 aliphatic rings. The number of rotatable bonds is 2. The molecule has 1 aromatic rings. The lowest BCUT2D eigenvalue weighted by Gasteiger charge is -1.92. The van der Waals surface area contributed by atoms with Gasteiger partial charge in [-0.05, 0) is 12.8 Å². The number of aromatic nitrogens is 2. The second-order valence-corrected chi connectivity index (χ2v) is 3.20. The molecule has 1 N–H and O–H groups in total. The van der Waals surface area contributed by atoms with Crippen molar-refractivity contribution < 1.29 is 5.11 Å². The van der Waals surface area contributed by atoms with Crippen LogP contribution in [0.1, 0.15) is 24.6 Å². The van der Waals surface area contributed by atoms with Crippen molar-refractivity contribution >= 4 is 11.6 Å². The lowest BCUT2D eigenvalue weighted by atomic mass is 10.5. The molecule has 2 rings (SSSR count). The molecule has 0 atom stereocenters. The van der Waals surface area contributed by atoms with Crippen LogP contribution in [0.3, 0.4) is 0 Å². The van der Waals surface area contributed by atoms with Gasteiger partial charge in [-0.15, -0.1) is 0 Å². The number of nitrogens with zero attached hydrogens (tertiary/aromatic N) is 2. The van der Waals surface area contributed by atoms with Crippen LogP contribution in [-0.4, -0.2) is 14.9 Å². The predicted octanol–water partition coefficient (Wildman–Crippen LogP) is 1.36. The van der Waals surface area contributed by atoms with Crippen molar-refractivity contribution in [1.82, 2.24) is 9.78 Å². The first-order valence-corrected chi connectivity index (χ1v) is 4.03. The standard InChI is InChI=1S/C7H9ClN2O/c8-6-3-10(5-1-2-5)9-7(6)4-11/h3,5,11H,1-2,4H2. The molecule has 0 aromatic carbocycles. The Bertz CT molecular complexity index is 267. The van der Waals surface area contributed by atoms with Crippen LogP contribution in [0.25, 0.3) is 0 Å². The number of halogens is 1. The lowest BCUT2D eigenvalue weighted by Crippen LogP contribution is -1.95. The second-order valence-electron chi connectivity index (χ2n) is 2.79. The number of hydrogen-bond acceptors (Lipinski definition) is 2.